The topological polar surface area (TPSA) is 70.0 Å². The van der Waals surface area contributed by atoms with E-state index < -0.39 is 10.0 Å². The second-order valence-corrected chi connectivity index (χ2v) is 7.21. The minimum atomic E-state index is -3.50. The average molecular weight is 292 g/mol. The molecule has 5 heteroatoms. The molecule has 1 atom stereocenters. The third kappa shape index (κ3) is 3.59. The van der Waals surface area contributed by atoms with E-state index in [0.717, 1.165) is 12.8 Å². The van der Waals surface area contributed by atoms with Crippen LogP contribution in [0.15, 0.2) is 23.1 Å². The van der Waals surface area contributed by atoms with Crippen LogP contribution in [-0.4, -0.2) is 14.5 Å². The van der Waals surface area contributed by atoms with Crippen LogP contribution in [0.2, 0.25) is 0 Å². The van der Waals surface area contributed by atoms with E-state index in [-0.39, 0.29) is 10.9 Å². The van der Waals surface area contributed by atoms with Crippen LogP contribution in [0.4, 0.5) is 0 Å². The average Bonchev–Trinajstić information content (AvgIpc) is 3.21. The van der Waals surface area contributed by atoms with Gasteiger partial charge >= 0.3 is 0 Å². The minimum absolute atomic E-state index is 0.00319. The summed E-state index contributed by atoms with van der Waals surface area (Å²) in [6.45, 7) is 3.75. The Morgan fingerprint density at radius 2 is 2.15 bits per heavy atom. The third-order valence-electron chi connectivity index (χ3n) is 3.76. The van der Waals surface area contributed by atoms with Crippen molar-refractivity contribution >= 4 is 10.0 Å². The second kappa shape index (κ2) is 5.94. The van der Waals surface area contributed by atoms with Gasteiger partial charge in [0.15, 0.2) is 0 Å². The zero-order valence-electron chi connectivity index (χ0n) is 11.9. The molecule has 0 saturated heterocycles. The van der Waals surface area contributed by atoms with Crippen molar-refractivity contribution in [3.8, 4) is 6.07 Å². The molecule has 0 aliphatic heterocycles. The number of rotatable bonds is 6. The van der Waals surface area contributed by atoms with Gasteiger partial charge in [-0.25, -0.2) is 13.1 Å². The molecule has 2 rings (SSSR count). The predicted octanol–water partition coefficient (Wildman–Crippen LogP) is 2.72. The van der Waals surface area contributed by atoms with Gasteiger partial charge in [0.25, 0.3) is 0 Å². The van der Waals surface area contributed by atoms with Crippen molar-refractivity contribution in [2.45, 2.75) is 50.5 Å². The fraction of sp³-hybridized carbons (Fsp3) is 0.533. The Morgan fingerprint density at radius 3 is 2.65 bits per heavy atom. The van der Waals surface area contributed by atoms with Crippen molar-refractivity contribution < 1.29 is 8.42 Å². The predicted molar refractivity (Wildman–Crippen MR) is 77.6 cm³/mol. The highest BCUT2D eigenvalue weighted by molar-refractivity contribution is 7.89. The molecule has 4 nitrogen and oxygen atoms in total. The molecule has 0 spiro atoms. The molecule has 1 aromatic carbocycles. The summed E-state index contributed by atoms with van der Waals surface area (Å²) in [5.74, 6) is 0.686. The first-order valence-electron chi connectivity index (χ1n) is 6.99. The molecule has 108 valence electrons. The summed E-state index contributed by atoms with van der Waals surface area (Å²) in [6.07, 6.45) is 4.15. The van der Waals surface area contributed by atoms with Crippen molar-refractivity contribution in [1.29, 1.82) is 5.26 Å². The van der Waals surface area contributed by atoms with Crippen molar-refractivity contribution in [3.63, 3.8) is 0 Å². The van der Waals surface area contributed by atoms with Crippen LogP contribution >= 0.6 is 0 Å². The number of hydrogen-bond donors (Lipinski definition) is 1. The van der Waals surface area contributed by atoms with Crippen molar-refractivity contribution in [2.24, 2.45) is 5.92 Å². The van der Waals surface area contributed by atoms with Crippen LogP contribution in [0.1, 0.15) is 43.7 Å². The smallest absolute Gasteiger partial charge is 0.208 e. The normalized spacial score (nSPS) is 16.6. The standard InChI is InChI=1S/C15H20N2O2S/c1-3-14(9-12-4-5-12)17-20(18,19)15-7-6-13(10-16)11(2)8-15/h6-8,12,14,17H,3-5,9H2,1-2H3. The highest BCUT2D eigenvalue weighted by atomic mass is 32.2. The zero-order valence-corrected chi connectivity index (χ0v) is 12.7. The molecule has 1 aliphatic rings. The summed E-state index contributed by atoms with van der Waals surface area (Å²) < 4.78 is 27.5. The first-order chi connectivity index (χ1) is 9.46. The molecular weight excluding hydrogens is 272 g/mol. The number of nitrogens with one attached hydrogen (secondary N) is 1. The molecule has 1 fully saturated rings. The van der Waals surface area contributed by atoms with Gasteiger partial charge in [0, 0.05) is 6.04 Å². The van der Waals surface area contributed by atoms with Crippen molar-refractivity contribution in [1.82, 2.24) is 4.72 Å². The summed E-state index contributed by atoms with van der Waals surface area (Å²) in [6, 6.07) is 6.67. The molecule has 0 amide bonds. The Hall–Kier alpha value is -1.38. The van der Waals surface area contributed by atoms with Crippen molar-refractivity contribution in [2.75, 3.05) is 0 Å². The summed E-state index contributed by atoms with van der Waals surface area (Å²) in [5, 5.41) is 8.89. The van der Waals surface area contributed by atoms with E-state index in [0.29, 0.717) is 17.0 Å². The van der Waals surface area contributed by atoms with E-state index in [2.05, 4.69) is 4.72 Å². The Morgan fingerprint density at radius 1 is 1.45 bits per heavy atom. The van der Waals surface area contributed by atoms with Crippen LogP contribution in [0.5, 0.6) is 0 Å². The largest absolute Gasteiger partial charge is 0.240 e. The number of sulfonamides is 1. The molecule has 0 aromatic heterocycles. The van der Waals surface area contributed by atoms with Crippen LogP contribution in [-0.2, 0) is 10.0 Å². The molecule has 0 radical (unpaired) electrons. The summed E-state index contributed by atoms with van der Waals surface area (Å²) in [5.41, 5.74) is 1.19. The molecule has 20 heavy (non-hydrogen) atoms. The van der Waals surface area contributed by atoms with Gasteiger partial charge in [-0.3, -0.25) is 0 Å². The minimum Gasteiger partial charge on any atom is -0.208 e. The lowest BCUT2D eigenvalue weighted by Crippen LogP contribution is -2.34. The first kappa shape index (κ1) is 15.0. The van der Waals surface area contributed by atoms with Crippen LogP contribution in [0.25, 0.3) is 0 Å². The highest BCUT2D eigenvalue weighted by Crippen LogP contribution is 2.34. The first-order valence-corrected chi connectivity index (χ1v) is 8.47. The summed E-state index contributed by atoms with van der Waals surface area (Å²) in [7, 11) is -3.50. The van der Waals surface area contributed by atoms with Gasteiger partial charge in [0.1, 0.15) is 0 Å². The lowest BCUT2D eigenvalue weighted by Gasteiger charge is -2.17. The molecule has 0 bridgehead atoms. The Bertz CT molecular complexity index is 628. The number of nitriles is 1. The SMILES string of the molecule is CCC(CC1CC1)NS(=O)(=O)c1ccc(C#N)c(C)c1. The maximum absolute atomic E-state index is 12.4. The number of nitrogens with zero attached hydrogens (tertiary/aromatic N) is 1. The lowest BCUT2D eigenvalue weighted by molar-refractivity contribution is 0.495. The van der Waals surface area contributed by atoms with Gasteiger partial charge in [0.05, 0.1) is 16.5 Å². The van der Waals surface area contributed by atoms with E-state index in [9.17, 15) is 8.42 Å². The van der Waals surface area contributed by atoms with Gasteiger partial charge in [-0.05, 0) is 49.4 Å². The fourth-order valence-electron chi connectivity index (χ4n) is 2.27. The van der Waals surface area contributed by atoms with E-state index in [4.69, 9.17) is 5.26 Å². The molecule has 0 heterocycles. The summed E-state index contributed by atoms with van der Waals surface area (Å²) >= 11 is 0. The van der Waals surface area contributed by atoms with E-state index in [1.807, 2.05) is 13.0 Å². The summed E-state index contributed by atoms with van der Waals surface area (Å²) in [4.78, 5) is 0.239. The van der Waals surface area contributed by atoms with E-state index in [1.54, 1.807) is 19.1 Å². The number of hydrogen-bond acceptors (Lipinski definition) is 3. The molecule has 1 saturated carbocycles. The van der Waals surface area contributed by atoms with Gasteiger partial charge in [-0.15, -0.1) is 0 Å². The van der Waals surface area contributed by atoms with Crippen LogP contribution in [0, 0.1) is 24.2 Å². The van der Waals surface area contributed by atoms with E-state index >= 15 is 0 Å². The highest BCUT2D eigenvalue weighted by Gasteiger charge is 2.27. The van der Waals surface area contributed by atoms with Crippen molar-refractivity contribution in [3.05, 3.63) is 29.3 Å². The number of benzene rings is 1. The number of aryl methyl sites for hydroxylation is 1. The molecule has 1 unspecified atom stereocenters. The van der Waals surface area contributed by atoms with Crippen LogP contribution < -0.4 is 4.72 Å². The van der Waals surface area contributed by atoms with Gasteiger partial charge in [0.2, 0.25) is 10.0 Å². The molecule has 1 aliphatic carbocycles. The van der Waals surface area contributed by atoms with E-state index in [1.165, 1.54) is 18.9 Å². The quantitative estimate of drug-likeness (QED) is 0.876. The fourth-order valence-corrected chi connectivity index (χ4v) is 3.69. The monoisotopic (exact) mass is 292 g/mol. The Balaban J connectivity index is 2.16. The van der Waals surface area contributed by atoms with Gasteiger partial charge < -0.3 is 0 Å². The third-order valence-corrected chi connectivity index (χ3v) is 5.28. The zero-order chi connectivity index (χ0) is 14.8. The second-order valence-electron chi connectivity index (χ2n) is 5.49. The molecule has 1 aromatic rings. The van der Waals surface area contributed by atoms with Gasteiger partial charge in [-0.1, -0.05) is 19.8 Å². The van der Waals surface area contributed by atoms with Gasteiger partial charge in [-0.2, -0.15) is 5.26 Å². The molecular formula is C15H20N2O2S. The Labute approximate surface area is 120 Å². The maximum Gasteiger partial charge on any atom is 0.240 e. The Kier molecular flexibility index (Phi) is 4.46. The maximum atomic E-state index is 12.4. The molecule has 1 N–H and O–H groups in total. The van der Waals surface area contributed by atoms with Crippen LogP contribution in [0.3, 0.4) is 0 Å². The lowest BCUT2D eigenvalue weighted by atomic mass is 10.1.